The van der Waals surface area contributed by atoms with E-state index in [4.69, 9.17) is 5.11 Å². The van der Waals surface area contributed by atoms with E-state index in [9.17, 15) is 0 Å². The number of benzene rings is 1. The van der Waals surface area contributed by atoms with Crippen LogP contribution in [0.4, 0.5) is 0 Å². The number of rotatable bonds is 2. The Morgan fingerprint density at radius 1 is 1.33 bits per heavy atom. The number of aliphatic hydroxyl groups is 1. The van der Waals surface area contributed by atoms with Crippen molar-refractivity contribution in [2.75, 3.05) is 0 Å². The first-order chi connectivity index (χ1) is 7.20. The molecule has 0 radical (unpaired) electrons. The monoisotopic (exact) mass is 219 g/mol. The van der Waals surface area contributed by atoms with Crippen LogP contribution in [0.15, 0.2) is 24.4 Å². The lowest BCUT2D eigenvalue weighted by Crippen LogP contribution is -1.83. The number of aromatic nitrogens is 1. The zero-order chi connectivity index (χ0) is 10.8. The van der Waals surface area contributed by atoms with Crippen molar-refractivity contribution in [3.05, 3.63) is 40.4 Å². The minimum absolute atomic E-state index is 0.0720. The minimum atomic E-state index is 0.0720. The highest BCUT2D eigenvalue weighted by Gasteiger charge is 2.06. The summed E-state index contributed by atoms with van der Waals surface area (Å²) in [6.45, 7) is 4.22. The number of nitrogens with zero attached hydrogens (tertiary/aromatic N) is 1. The fourth-order valence-corrected chi connectivity index (χ4v) is 2.32. The summed E-state index contributed by atoms with van der Waals surface area (Å²) >= 11 is 1.55. The van der Waals surface area contributed by atoms with E-state index in [0.29, 0.717) is 0 Å². The molecule has 3 heteroatoms. The van der Waals surface area contributed by atoms with E-state index in [0.717, 1.165) is 9.88 Å². The number of hydrogen-bond acceptors (Lipinski definition) is 3. The second kappa shape index (κ2) is 4.13. The van der Waals surface area contributed by atoms with Gasteiger partial charge in [0.2, 0.25) is 0 Å². The molecule has 0 saturated carbocycles. The van der Waals surface area contributed by atoms with Gasteiger partial charge in [-0.15, -0.1) is 11.3 Å². The molecule has 0 aliphatic rings. The van der Waals surface area contributed by atoms with E-state index in [-0.39, 0.29) is 6.61 Å². The van der Waals surface area contributed by atoms with Gasteiger partial charge in [0.05, 0.1) is 11.5 Å². The molecular weight excluding hydrogens is 206 g/mol. The molecule has 15 heavy (non-hydrogen) atoms. The number of thiazole rings is 1. The average molecular weight is 219 g/mol. The van der Waals surface area contributed by atoms with Crippen LogP contribution in [-0.2, 0) is 6.61 Å². The van der Waals surface area contributed by atoms with E-state index in [1.165, 1.54) is 16.7 Å². The third kappa shape index (κ3) is 2.08. The van der Waals surface area contributed by atoms with Crippen molar-refractivity contribution in [3.8, 4) is 10.6 Å². The fraction of sp³-hybridized carbons (Fsp3) is 0.250. The lowest BCUT2D eigenvalue weighted by Gasteiger charge is -2.02. The van der Waals surface area contributed by atoms with Crippen LogP contribution in [-0.4, -0.2) is 10.1 Å². The van der Waals surface area contributed by atoms with Crippen LogP contribution in [0.3, 0.4) is 0 Å². The molecule has 1 aromatic carbocycles. The normalized spacial score (nSPS) is 10.6. The van der Waals surface area contributed by atoms with E-state index < -0.39 is 0 Å². The quantitative estimate of drug-likeness (QED) is 0.842. The van der Waals surface area contributed by atoms with Crippen molar-refractivity contribution in [1.29, 1.82) is 0 Å². The van der Waals surface area contributed by atoms with Gasteiger partial charge in [-0.2, -0.15) is 0 Å². The predicted octanol–water partition coefficient (Wildman–Crippen LogP) is 2.92. The second-order valence-electron chi connectivity index (χ2n) is 3.61. The van der Waals surface area contributed by atoms with Crippen LogP contribution >= 0.6 is 11.3 Å². The van der Waals surface area contributed by atoms with Gasteiger partial charge < -0.3 is 5.11 Å². The van der Waals surface area contributed by atoms with E-state index in [1.54, 1.807) is 17.5 Å². The SMILES string of the molecule is Cc1ccc(C)c(-c2ncc(CO)s2)c1. The predicted molar refractivity (Wildman–Crippen MR) is 62.9 cm³/mol. The molecular formula is C12H13NOS. The Bertz CT molecular complexity index is 476. The Labute approximate surface area is 93.2 Å². The maximum absolute atomic E-state index is 8.99. The van der Waals surface area contributed by atoms with Crippen LogP contribution in [0.2, 0.25) is 0 Å². The first kappa shape index (κ1) is 10.3. The molecule has 2 aromatic rings. The molecule has 0 fully saturated rings. The number of aryl methyl sites for hydroxylation is 2. The number of aliphatic hydroxyl groups excluding tert-OH is 1. The Balaban J connectivity index is 2.48. The Kier molecular flexibility index (Phi) is 2.84. The van der Waals surface area contributed by atoms with E-state index in [1.807, 2.05) is 0 Å². The van der Waals surface area contributed by atoms with Crippen LogP contribution in [0, 0.1) is 13.8 Å². The van der Waals surface area contributed by atoms with Crippen molar-refractivity contribution < 1.29 is 5.11 Å². The van der Waals surface area contributed by atoms with Crippen molar-refractivity contribution >= 4 is 11.3 Å². The van der Waals surface area contributed by atoms with Crippen molar-refractivity contribution in [1.82, 2.24) is 4.98 Å². The molecule has 0 aliphatic heterocycles. The molecule has 0 unspecified atom stereocenters. The van der Waals surface area contributed by atoms with Gasteiger partial charge in [0.25, 0.3) is 0 Å². The maximum Gasteiger partial charge on any atom is 0.123 e. The zero-order valence-corrected chi connectivity index (χ0v) is 9.64. The van der Waals surface area contributed by atoms with Crippen LogP contribution in [0.25, 0.3) is 10.6 Å². The van der Waals surface area contributed by atoms with Crippen molar-refractivity contribution in [2.45, 2.75) is 20.5 Å². The second-order valence-corrected chi connectivity index (χ2v) is 4.72. The number of hydrogen-bond donors (Lipinski definition) is 1. The van der Waals surface area contributed by atoms with Gasteiger partial charge in [0.15, 0.2) is 0 Å². The average Bonchev–Trinajstić information content (AvgIpc) is 2.70. The topological polar surface area (TPSA) is 33.1 Å². The Morgan fingerprint density at radius 3 is 2.80 bits per heavy atom. The molecule has 1 N–H and O–H groups in total. The van der Waals surface area contributed by atoms with E-state index >= 15 is 0 Å². The van der Waals surface area contributed by atoms with Gasteiger partial charge in [0.1, 0.15) is 5.01 Å². The zero-order valence-electron chi connectivity index (χ0n) is 8.82. The Hall–Kier alpha value is -1.19. The molecule has 1 heterocycles. The molecule has 0 aliphatic carbocycles. The van der Waals surface area contributed by atoms with Gasteiger partial charge in [-0.05, 0) is 25.5 Å². The summed E-state index contributed by atoms with van der Waals surface area (Å²) in [5.74, 6) is 0. The largest absolute Gasteiger partial charge is 0.391 e. The van der Waals surface area contributed by atoms with E-state index in [2.05, 4.69) is 37.0 Å². The highest BCUT2D eigenvalue weighted by molar-refractivity contribution is 7.15. The lowest BCUT2D eigenvalue weighted by molar-refractivity contribution is 0.285. The van der Waals surface area contributed by atoms with Gasteiger partial charge in [-0.25, -0.2) is 4.98 Å². The smallest absolute Gasteiger partial charge is 0.123 e. The van der Waals surface area contributed by atoms with Gasteiger partial charge in [-0.3, -0.25) is 0 Å². The highest BCUT2D eigenvalue weighted by Crippen LogP contribution is 2.28. The summed E-state index contributed by atoms with van der Waals surface area (Å²) in [4.78, 5) is 5.23. The first-order valence-electron chi connectivity index (χ1n) is 4.84. The molecule has 2 nitrogen and oxygen atoms in total. The summed E-state index contributed by atoms with van der Waals surface area (Å²) in [5.41, 5.74) is 3.62. The molecule has 2 rings (SSSR count). The third-order valence-corrected chi connectivity index (χ3v) is 3.35. The van der Waals surface area contributed by atoms with Crippen molar-refractivity contribution in [3.63, 3.8) is 0 Å². The fourth-order valence-electron chi connectivity index (χ4n) is 1.47. The van der Waals surface area contributed by atoms with Gasteiger partial charge >= 0.3 is 0 Å². The van der Waals surface area contributed by atoms with Crippen LogP contribution in [0.1, 0.15) is 16.0 Å². The standard InChI is InChI=1S/C12H13NOS/c1-8-3-4-9(2)11(5-8)12-13-6-10(7-14)15-12/h3-6,14H,7H2,1-2H3. The molecule has 0 saturated heterocycles. The summed E-state index contributed by atoms with van der Waals surface area (Å²) in [7, 11) is 0. The summed E-state index contributed by atoms with van der Waals surface area (Å²) < 4.78 is 0. The van der Waals surface area contributed by atoms with Crippen molar-refractivity contribution in [2.24, 2.45) is 0 Å². The maximum atomic E-state index is 8.99. The Morgan fingerprint density at radius 2 is 2.13 bits per heavy atom. The summed E-state index contributed by atoms with van der Waals surface area (Å²) in [6, 6.07) is 6.33. The first-order valence-corrected chi connectivity index (χ1v) is 5.65. The molecule has 0 amide bonds. The molecule has 1 aromatic heterocycles. The molecule has 0 bridgehead atoms. The summed E-state index contributed by atoms with van der Waals surface area (Å²) in [6.07, 6.45) is 1.74. The lowest BCUT2D eigenvalue weighted by atomic mass is 10.1. The molecule has 78 valence electrons. The highest BCUT2D eigenvalue weighted by atomic mass is 32.1. The molecule has 0 spiro atoms. The van der Waals surface area contributed by atoms with Gasteiger partial charge in [0, 0.05) is 11.8 Å². The van der Waals surface area contributed by atoms with Crippen LogP contribution < -0.4 is 0 Å². The van der Waals surface area contributed by atoms with Crippen LogP contribution in [0.5, 0.6) is 0 Å². The third-order valence-electron chi connectivity index (χ3n) is 2.33. The van der Waals surface area contributed by atoms with Gasteiger partial charge in [-0.1, -0.05) is 17.7 Å². The molecule has 0 atom stereocenters. The minimum Gasteiger partial charge on any atom is -0.391 e. The summed E-state index contributed by atoms with van der Waals surface area (Å²) in [5, 5.41) is 9.98.